The SMILES string of the molecule is O=C(Nc1cc(Br)cnc1Cl)C1CCCC1. The minimum Gasteiger partial charge on any atom is -0.323 e. The summed E-state index contributed by atoms with van der Waals surface area (Å²) in [6, 6.07) is 1.77. The van der Waals surface area contributed by atoms with Crippen LogP contribution in [0.4, 0.5) is 5.69 Å². The number of nitrogens with zero attached hydrogens (tertiary/aromatic N) is 1. The minimum atomic E-state index is 0.0549. The fourth-order valence-corrected chi connectivity index (χ4v) is 2.41. The van der Waals surface area contributed by atoms with Crippen LogP contribution in [0.15, 0.2) is 16.7 Å². The molecule has 0 saturated heterocycles. The molecule has 2 rings (SSSR count). The van der Waals surface area contributed by atoms with Crippen LogP contribution >= 0.6 is 27.5 Å². The van der Waals surface area contributed by atoms with Gasteiger partial charge in [0.15, 0.2) is 5.15 Å². The quantitative estimate of drug-likeness (QED) is 0.848. The van der Waals surface area contributed by atoms with Gasteiger partial charge < -0.3 is 5.32 Å². The van der Waals surface area contributed by atoms with Crippen molar-refractivity contribution in [3.05, 3.63) is 21.9 Å². The zero-order chi connectivity index (χ0) is 11.5. The van der Waals surface area contributed by atoms with E-state index in [1.807, 2.05) is 0 Å². The van der Waals surface area contributed by atoms with Crippen molar-refractivity contribution in [2.45, 2.75) is 25.7 Å². The van der Waals surface area contributed by atoms with Crippen LogP contribution in [0, 0.1) is 5.92 Å². The Hall–Kier alpha value is -0.610. The Morgan fingerprint density at radius 2 is 2.19 bits per heavy atom. The number of hydrogen-bond acceptors (Lipinski definition) is 2. The summed E-state index contributed by atoms with van der Waals surface area (Å²) >= 11 is 9.20. The number of carbonyl (C=O) groups excluding carboxylic acids is 1. The molecule has 1 aliphatic carbocycles. The lowest BCUT2D eigenvalue weighted by Gasteiger charge is -2.11. The molecule has 0 spiro atoms. The van der Waals surface area contributed by atoms with Crippen LogP contribution in [0.5, 0.6) is 0 Å². The predicted molar refractivity (Wildman–Crippen MR) is 67.5 cm³/mol. The lowest BCUT2D eigenvalue weighted by atomic mass is 10.1. The Bertz CT molecular complexity index is 405. The van der Waals surface area contributed by atoms with E-state index in [1.165, 1.54) is 0 Å². The largest absolute Gasteiger partial charge is 0.323 e. The Balaban J connectivity index is 2.07. The van der Waals surface area contributed by atoms with Crippen molar-refractivity contribution in [2.75, 3.05) is 5.32 Å². The summed E-state index contributed by atoms with van der Waals surface area (Å²) in [6.45, 7) is 0. The number of halogens is 2. The van der Waals surface area contributed by atoms with Gasteiger partial charge in [0.05, 0.1) is 5.69 Å². The molecular formula is C11H12BrClN2O. The Kier molecular flexibility index (Phi) is 3.82. The lowest BCUT2D eigenvalue weighted by molar-refractivity contribution is -0.119. The van der Waals surface area contributed by atoms with Gasteiger partial charge in [0, 0.05) is 16.6 Å². The highest BCUT2D eigenvalue weighted by Crippen LogP contribution is 2.28. The highest BCUT2D eigenvalue weighted by atomic mass is 79.9. The number of pyridine rings is 1. The van der Waals surface area contributed by atoms with Crippen LogP contribution < -0.4 is 5.32 Å². The van der Waals surface area contributed by atoms with Crippen LogP contribution in [0.25, 0.3) is 0 Å². The molecule has 0 bridgehead atoms. The second-order valence-electron chi connectivity index (χ2n) is 3.96. The third kappa shape index (κ3) is 2.74. The molecule has 0 atom stereocenters. The minimum absolute atomic E-state index is 0.0549. The predicted octanol–water partition coefficient (Wildman–Crippen LogP) is 3.63. The molecule has 1 aliphatic rings. The number of anilines is 1. The zero-order valence-corrected chi connectivity index (χ0v) is 11.0. The summed E-state index contributed by atoms with van der Waals surface area (Å²) in [6.07, 6.45) is 5.84. The van der Waals surface area contributed by atoms with Gasteiger partial charge >= 0.3 is 0 Å². The summed E-state index contributed by atoms with van der Waals surface area (Å²) in [7, 11) is 0. The Morgan fingerprint density at radius 3 is 2.88 bits per heavy atom. The van der Waals surface area contributed by atoms with Crippen molar-refractivity contribution in [1.29, 1.82) is 0 Å². The molecule has 0 unspecified atom stereocenters. The summed E-state index contributed by atoms with van der Waals surface area (Å²) in [5.74, 6) is 0.189. The highest BCUT2D eigenvalue weighted by Gasteiger charge is 2.23. The summed E-state index contributed by atoms with van der Waals surface area (Å²) in [5.41, 5.74) is 0.577. The number of hydrogen-bond donors (Lipinski definition) is 1. The maximum Gasteiger partial charge on any atom is 0.227 e. The Morgan fingerprint density at radius 1 is 1.50 bits per heavy atom. The fraction of sp³-hybridized carbons (Fsp3) is 0.455. The molecule has 1 N–H and O–H groups in total. The zero-order valence-electron chi connectivity index (χ0n) is 8.67. The molecule has 1 saturated carbocycles. The van der Waals surface area contributed by atoms with E-state index in [0.29, 0.717) is 10.8 Å². The van der Waals surface area contributed by atoms with Crippen molar-refractivity contribution in [3.8, 4) is 0 Å². The van der Waals surface area contributed by atoms with E-state index in [2.05, 4.69) is 26.2 Å². The molecule has 0 radical (unpaired) electrons. The van der Waals surface area contributed by atoms with Crippen molar-refractivity contribution in [1.82, 2.24) is 4.98 Å². The second-order valence-corrected chi connectivity index (χ2v) is 5.24. The van der Waals surface area contributed by atoms with Gasteiger partial charge in [-0.15, -0.1) is 0 Å². The first-order valence-electron chi connectivity index (χ1n) is 5.29. The summed E-state index contributed by atoms with van der Waals surface area (Å²) in [4.78, 5) is 15.8. The van der Waals surface area contributed by atoms with Crippen LogP contribution in [-0.4, -0.2) is 10.9 Å². The van der Waals surface area contributed by atoms with Crippen molar-refractivity contribution < 1.29 is 4.79 Å². The maximum atomic E-state index is 11.9. The van der Waals surface area contributed by atoms with Gasteiger partial charge in [-0.2, -0.15) is 0 Å². The van der Waals surface area contributed by atoms with Gasteiger partial charge in [-0.3, -0.25) is 4.79 Å². The van der Waals surface area contributed by atoms with E-state index in [0.717, 1.165) is 30.2 Å². The van der Waals surface area contributed by atoms with E-state index < -0.39 is 0 Å². The average molecular weight is 304 g/mol. The van der Waals surface area contributed by atoms with Crippen molar-refractivity contribution >= 4 is 39.1 Å². The van der Waals surface area contributed by atoms with Crippen molar-refractivity contribution in [2.24, 2.45) is 5.92 Å². The smallest absolute Gasteiger partial charge is 0.227 e. The fourth-order valence-electron chi connectivity index (χ4n) is 1.93. The molecule has 0 aliphatic heterocycles. The monoisotopic (exact) mass is 302 g/mol. The molecule has 86 valence electrons. The number of nitrogens with one attached hydrogen (secondary N) is 1. The number of aromatic nitrogens is 1. The van der Waals surface area contributed by atoms with E-state index in [-0.39, 0.29) is 11.8 Å². The first-order chi connectivity index (χ1) is 7.66. The third-order valence-corrected chi connectivity index (χ3v) is 3.52. The normalized spacial score (nSPS) is 16.4. The first kappa shape index (κ1) is 11.9. The van der Waals surface area contributed by atoms with Gasteiger partial charge in [-0.05, 0) is 34.8 Å². The van der Waals surface area contributed by atoms with Gasteiger partial charge in [0.1, 0.15) is 0 Å². The Labute approximate surface area is 108 Å². The third-order valence-electron chi connectivity index (χ3n) is 2.79. The van der Waals surface area contributed by atoms with Crippen LogP contribution in [-0.2, 0) is 4.79 Å². The van der Waals surface area contributed by atoms with Gasteiger partial charge in [0.25, 0.3) is 0 Å². The molecule has 1 amide bonds. The molecule has 0 aromatic carbocycles. The van der Waals surface area contributed by atoms with Gasteiger partial charge in [-0.1, -0.05) is 24.4 Å². The number of amides is 1. The van der Waals surface area contributed by atoms with E-state index >= 15 is 0 Å². The van der Waals surface area contributed by atoms with Gasteiger partial charge in [0.2, 0.25) is 5.91 Å². The van der Waals surface area contributed by atoms with Crippen molar-refractivity contribution in [3.63, 3.8) is 0 Å². The number of rotatable bonds is 2. The molecule has 1 aromatic rings. The molecule has 1 heterocycles. The standard InChI is InChI=1S/C11H12BrClN2O/c12-8-5-9(10(13)14-6-8)15-11(16)7-3-1-2-4-7/h5-7H,1-4H2,(H,15,16). The average Bonchev–Trinajstić information content (AvgIpc) is 2.76. The maximum absolute atomic E-state index is 11.9. The van der Waals surface area contributed by atoms with E-state index in [1.54, 1.807) is 12.3 Å². The van der Waals surface area contributed by atoms with E-state index in [4.69, 9.17) is 11.6 Å². The molecule has 3 nitrogen and oxygen atoms in total. The summed E-state index contributed by atoms with van der Waals surface area (Å²) < 4.78 is 0.804. The lowest BCUT2D eigenvalue weighted by Crippen LogP contribution is -2.20. The molecule has 1 aromatic heterocycles. The van der Waals surface area contributed by atoms with Crippen LogP contribution in [0.3, 0.4) is 0 Å². The van der Waals surface area contributed by atoms with E-state index in [9.17, 15) is 4.79 Å². The molecular weight excluding hydrogens is 291 g/mol. The van der Waals surface area contributed by atoms with Gasteiger partial charge in [-0.25, -0.2) is 4.98 Å². The van der Waals surface area contributed by atoms with Crippen LogP contribution in [0.2, 0.25) is 5.15 Å². The number of carbonyl (C=O) groups is 1. The molecule has 1 fully saturated rings. The molecule has 5 heteroatoms. The summed E-state index contributed by atoms with van der Waals surface area (Å²) in [5, 5.41) is 3.16. The highest BCUT2D eigenvalue weighted by molar-refractivity contribution is 9.10. The first-order valence-corrected chi connectivity index (χ1v) is 6.46. The topological polar surface area (TPSA) is 42.0 Å². The second kappa shape index (κ2) is 5.15. The van der Waals surface area contributed by atoms with Crippen LogP contribution in [0.1, 0.15) is 25.7 Å². The molecule has 16 heavy (non-hydrogen) atoms.